The van der Waals surface area contributed by atoms with Crippen LogP contribution in [0.1, 0.15) is 85.3 Å². The van der Waals surface area contributed by atoms with E-state index in [1.165, 1.54) is 4.90 Å². The third-order valence-corrected chi connectivity index (χ3v) is 12.5. The van der Waals surface area contributed by atoms with Crippen LogP contribution in [0.3, 0.4) is 0 Å². The first-order valence-corrected chi connectivity index (χ1v) is 20.7. The Kier molecular flexibility index (Phi) is 11.3. The molecule has 2 amide bonds. The number of nitrogens with zero attached hydrogens (tertiary/aromatic N) is 6. The standard InChI is InChI=1S/C42H47F6N7O5S/c1-21-28(12-15-55(21)38(57)60-40(5,6)7)53(8)34-24-16-26(42(46,47)48)30(31(45)32(24)50-36(51-34)58-20-41-13-9-14-54(41)19-22(43)17-41)23-10-11-27(44)33-29(23)25(18-49)35(61-33)52-37(56)59-39(2,3)4/h10-11,16,21-22,28H,9,12-15,17,19-20H2,1-8H3,(H,52,56)/t21?,22-,28?,41+/m1/s1. The fourth-order valence-corrected chi connectivity index (χ4v) is 9.87. The van der Waals surface area contributed by atoms with E-state index in [1.807, 2.05) is 11.0 Å². The van der Waals surface area contributed by atoms with E-state index in [0.717, 1.165) is 18.6 Å². The minimum atomic E-state index is -5.22. The van der Waals surface area contributed by atoms with Crippen molar-refractivity contribution in [2.24, 2.45) is 0 Å². The van der Waals surface area contributed by atoms with Gasteiger partial charge in [0.15, 0.2) is 5.82 Å². The molecule has 2 aromatic heterocycles. The van der Waals surface area contributed by atoms with Crippen LogP contribution in [0.15, 0.2) is 18.2 Å². The van der Waals surface area contributed by atoms with E-state index in [9.17, 15) is 19.2 Å². The van der Waals surface area contributed by atoms with Crippen molar-refractivity contribution in [3.8, 4) is 23.2 Å². The average Bonchev–Trinajstić information content (AvgIpc) is 3.89. The third kappa shape index (κ3) is 8.45. The van der Waals surface area contributed by atoms with Crippen molar-refractivity contribution < 1.29 is 50.1 Å². The van der Waals surface area contributed by atoms with Gasteiger partial charge in [0.1, 0.15) is 52.2 Å². The molecule has 3 fully saturated rings. The van der Waals surface area contributed by atoms with E-state index in [1.54, 1.807) is 60.4 Å². The van der Waals surface area contributed by atoms with Crippen molar-refractivity contribution in [2.45, 2.75) is 115 Å². The van der Waals surface area contributed by atoms with Gasteiger partial charge in [-0.05, 0) is 92.0 Å². The molecule has 2 unspecified atom stereocenters. The monoisotopic (exact) mass is 875 g/mol. The number of nitrogens with one attached hydrogen (secondary N) is 1. The van der Waals surface area contributed by atoms with E-state index in [0.29, 0.717) is 36.8 Å². The predicted molar refractivity (Wildman–Crippen MR) is 218 cm³/mol. The van der Waals surface area contributed by atoms with Crippen molar-refractivity contribution >= 4 is 55.3 Å². The van der Waals surface area contributed by atoms with E-state index < -0.39 is 92.8 Å². The number of aromatic nitrogens is 2. The molecule has 5 heterocycles. The van der Waals surface area contributed by atoms with Crippen LogP contribution >= 0.6 is 11.3 Å². The Hall–Kier alpha value is -5.09. The molecule has 61 heavy (non-hydrogen) atoms. The maximum absolute atomic E-state index is 17.6. The molecule has 0 radical (unpaired) electrons. The largest absolute Gasteiger partial charge is 0.461 e. The molecule has 1 N–H and O–H groups in total. The zero-order chi connectivity index (χ0) is 44.6. The number of nitriles is 1. The highest BCUT2D eigenvalue weighted by Crippen LogP contribution is 2.49. The lowest BCUT2D eigenvalue weighted by atomic mass is 9.92. The first kappa shape index (κ1) is 44.0. The van der Waals surface area contributed by atoms with Crippen LogP contribution in [0.2, 0.25) is 0 Å². The highest BCUT2D eigenvalue weighted by molar-refractivity contribution is 7.23. The second-order valence-corrected chi connectivity index (χ2v) is 18.9. The van der Waals surface area contributed by atoms with Gasteiger partial charge in [-0.25, -0.2) is 22.8 Å². The number of likely N-dealkylation sites (tertiary alicyclic amines) is 1. The second-order valence-electron chi connectivity index (χ2n) is 17.9. The molecule has 328 valence electrons. The van der Waals surface area contributed by atoms with Gasteiger partial charge in [-0.1, -0.05) is 6.07 Å². The van der Waals surface area contributed by atoms with E-state index in [-0.39, 0.29) is 58.4 Å². The van der Waals surface area contributed by atoms with Crippen LogP contribution in [0, 0.1) is 23.0 Å². The van der Waals surface area contributed by atoms with Crippen molar-refractivity contribution in [3.63, 3.8) is 0 Å². The van der Waals surface area contributed by atoms with Crippen LogP contribution in [0.5, 0.6) is 6.01 Å². The number of anilines is 2. The Bertz CT molecular complexity index is 2440. The summed E-state index contributed by atoms with van der Waals surface area (Å²) in [5, 5.41) is 11.8. The molecule has 2 aromatic carbocycles. The van der Waals surface area contributed by atoms with E-state index >= 15 is 22.0 Å². The van der Waals surface area contributed by atoms with Crippen LogP contribution < -0.4 is 15.0 Å². The number of rotatable bonds is 7. The normalized spacial score (nSPS) is 22.1. The molecule has 4 atom stereocenters. The van der Waals surface area contributed by atoms with Gasteiger partial charge < -0.3 is 24.0 Å². The Morgan fingerprint density at radius 1 is 1.08 bits per heavy atom. The number of hydrogen-bond donors (Lipinski definition) is 1. The van der Waals surface area contributed by atoms with Gasteiger partial charge in [-0.15, -0.1) is 11.3 Å². The third-order valence-electron chi connectivity index (χ3n) is 11.4. The summed E-state index contributed by atoms with van der Waals surface area (Å²) in [6, 6.07) is 2.90. The summed E-state index contributed by atoms with van der Waals surface area (Å²) >= 11 is 0.582. The number of amides is 2. The minimum Gasteiger partial charge on any atom is -0.461 e. The summed E-state index contributed by atoms with van der Waals surface area (Å²) in [6.45, 7) is 12.8. The number of carbonyl (C=O) groups excluding carboxylic acids is 2. The topological polar surface area (TPSA) is 133 Å². The zero-order valence-electron chi connectivity index (χ0n) is 35.0. The molecule has 3 aliphatic rings. The van der Waals surface area contributed by atoms with Crippen LogP contribution in [0.4, 0.5) is 46.8 Å². The molecule has 3 aliphatic heterocycles. The fourth-order valence-electron chi connectivity index (χ4n) is 8.81. The minimum absolute atomic E-state index is 0.0735. The number of thiophene rings is 1. The van der Waals surface area contributed by atoms with E-state index in [2.05, 4.69) is 15.3 Å². The number of benzene rings is 2. The van der Waals surface area contributed by atoms with Gasteiger partial charge in [-0.3, -0.25) is 10.2 Å². The summed E-state index contributed by atoms with van der Waals surface area (Å²) < 4.78 is 111. The molecular formula is C42H47F6N7O5S. The van der Waals surface area contributed by atoms with Crippen molar-refractivity contribution in [1.29, 1.82) is 5.26 Å². The van der Waals surface area contributed by atoms with Crippen LogP contribution in [-0.4, -0.2) is 100 Å². The predicted octanol–water partition coefficient (Wildman–Crippen LogP) is 9.82. The Balaban J connectivity index is 1.41. The second kappa shape index (κ2) is 15.7. The molecule has 0 spiro atoms. The number of carbonyl (C=O) groups is 2. The first-order valence-electron chi connectivity index (χ1n) is 19.9. The summed E-state index contributed by atoms with van der Waals surface area (Å²) in [6.07, 6.45) is -5.94. The van der Waals surface area contributed by atoms with Crippen LogP contribution in [0.25, 0.3) is 32.1 Å². The quantitative estimate of drug-likeness (QED) is 0.179. The lowest BCUT2D eigenvalue weighted by molar-refractivity contribution is -0.137. The van der Waals surface area contributed by atoms with Gasteiger partial charge in [0.25, 0.3) is 0 Å². The lowest BCUT2D eigenvalue weighted by Crippen LogP contribution is -2.46. The maximum atomic E-state index is 17.6. The number of likely N-dealkylation sites (N-methyl/N-ethyl adjacent to an activating group) is 1. The number of halogens is 6. The molecule has 0 aliphatic carbocycles. The van der Waals surface area contributed by atoms with Gasteiger partial charge in [0.2, 0.25) is 0 Å². The number of fused-ring (bicyclic) bond motifs is 3. The highest BCUT2D eigenvalue weighted by atomic mass is 32.1. The maximum Gasteiger partial charge on any atom is 0.417 e. The molecule has 7 rings (SSSR count). The summed E-state index contributed by atoms with van der Waals surface area (Å²) in [5.74, 6) is -2.52. The molecular weight excluding hydrogens is 829 g/mol. The lowest BCUT2D eigenvalue weighted by Gasteiger charge is -2.33. The fraction of sp³-hybridized carbons (Fsp3) is 0.548. The molecule has 4 aromatic rings. The van der Waals surface area contributed by atoms with E-state index in [4.69, 9.17) is 14.2 Å². The average molecular weight is 876 g/mol. The van der Waals surface area contributed by atoms with Gasteiger partial charge in [0.05, 0.1) is 33.4 Å². The van der Waals surface area contributed by atoms with Gasteiger partial charge >= 0.3 is 24.4 Å². The van der Waals surface area contributed by atoms with Gasteiger partial charge in [0, 0.05) is 42.9 Å². The number of ether oxygens (including phenoxy) is 3. The first-order chi connectivity index (χ1) is 28.4. The summed E-state index contributed by atoms with van der Waals surface area (Å²) in [4.78, 5) is 39.9. The molecule has 19 heteroatoms. The zero-order valence-corrected chi connectivity index (χ0v) is 35.8. The van der Waals surface area contributed by atoms with Crippen molar-refractivity contribution in [1.82, 2.24) is 19.8 Å². The summed E-state index contributed by atoms with van der Waals surface area (Å²) in [7, 11) is 1.57. The number of hydrogen-bond acceptors (Lipinski definition) is 11. The van der Waals surface area contributed by atoms with Crippen molar-refractivity contribution in [2.75, 3.05) is 43.5 Å². The van der Waals surface area contributed by atoms with Crippen LogP contribution in [-0.2, 0) is 15.7 Å². The van der Waals surface area contributed by atoms with Crippen molar-refractivity contribution in [3.05, 3.63) is 41.0 Å². The van der Waals surface area contributed by atoms with Gasteiger partial charge in [-0.2, -0.15) is 28.4 Å². The molecule has 12 nitrogen and oxygen atoms in total. The summed E-state index contributed by atoms with van der Waals surface area (Å²) in [5.41, 5.74) is -6.40. The molecule has 0 bridgehead atoms. The SMILES string of the molecule is CC1C(N(C)c2nc(OC[C@@]34CCCN3C[C@H](F)C4)nc3c(F)c(-c4ccc(F)c5sc(NC(=O)OC(C)(C)C)c(C#N)c45)c(C(F)(F)F)cc23)CCN1C(=O)OC(C)(C)C. The smallest absolute Gasteiger partial charge is 0.417 e. The highest BCUT2D eigenvalue weighted by Gasteiger charge is 2.50. The molecule has 3 saturated heterocycles. The Morgan fingerprint density at radius 3 is 2.44 bits per heavy atom. The molecule has 0 saturated carbocycles. The number of alkyl halides is 4. The Labute approximate surface area is 352 Å². The Morgan fingerprint density at radius 2 is 1.79 bits per heavy atom.